The molecule has 3 aromatic rings. The van der Waals surface area contributed by atoms with Crippen molar-refractivity contribution in [2.75, 3.05) is 62.7 Å². The lowest BCUT2D eigenvalue weighted by Crippen LogP contribution is -2.46. The average molecular weight is 450 g/mol. The van der Waals surface area contributed by atoms with Gasteiger partial charge in [-0.25, -0.2) is 9.97 Å². The molecule has 2 N–H and O–H groups in total. The second-order valence-corrected chi connectivity index (χ2v) is 8.24. The maximum absolute atomic E-state index is 12.0. The number of aromatic nitrogens is 2. The van der Waals surface area contributed by atoms with Gasteiger partial charge in [-0.1, -0.05) is 12.1 Å². The Morgan fingerprint density at radius 3 is 2.55 bits per heavy atom. The van der Waals surface area contributed by atoms with Gasteiger partial charge in [0.25, 0.3) is 5.69 Å². The molecule has 33 heavy (non-hydrogen) atoms. The van der Waals surface area contributed by atoms with E-state index in [1.807, 2.05) is 18.2 Å². The number of benzene rings is 2. The molecule has 5 rings (SSSR count). The summed E-state index contributed by atoms with van der Waals surface area (Å²) in [5.41, 5.74) is 2.55. The van der Waals surface area contributed by atoms with Crippen LogP contribution in [0.2, 0.25) is 0 Å². The van der Waals surface area contributed by atoms with Gasteiger partial charge in [-0.15, -0.1) is 0 Å². The smallest absolute Gasteiger partial charge is 0.293 e. The molecule has 2 aliphatic heterocycles. The number of rotatable bonds is 5. The number of nitro groups is 1. The molecule has 1 aromatic heterocycles. The molecule has 2 aromatic carbocycles. The number of methoxy groups -OCH3 is 1. The lowest BCUT2D eigenvalue weighted by Gasteiger charge is -2.38. The van der Waals surface area contributed by atoms with E-state index in [0.29, 0.717) is 16.6 Å². The predicted octanol–water partition coefficient (Wildman–Crippen LogP) is 2.11. The Morgan fingerprint density at radius 1 is 1.06 bits per heavy atom. The van der Waals surface area contributed by atoms with Crippen LogP contribution in [-0.2, 0) is 0 Å². The Morgan fingerprint density at radius 2 is 1.82 bits per heavy atom. The number of hydrogen-bond donors (Lipinski definition) is 2. The van der Waals surface area contributed by atoms with Crippen LogP contribution in [0.25, 0.3) is 10.9 Å². The molecule has 1 atom stereocenters. The van der Waals surface area contributed by atoms with Crippen molar-refractivity contribution in [2.45, 2.75) is 6.04 Å². The molecule has 1 unspecified atom stereocenters. The Bertz CT molecular complexity index is 1150. The molecule has 0 bridgehead atoms. The van der Waals surface area contributed by atoms with Crippen molar-refractivity contribution in [3.05, 3.63) is 58.4 Å². The van der Waals surface area contributed by atoms with E-state index in [0.717, 1.165) is 62.9 Å². The standard InChI is InChI=1S/C23H27N7O3/c1-33-17-4-2-16(3-5-17)22-14-25-8-11-29(22)23-18-12-21(30(31)32)20(13-19(18)26-15-27-23)28-9-6-24-7-10-28/h2-5,12-13,15,22,24-25H,6-11,14H2,1H3. The van der Waals surface area contributed by atoms with Crippen molar-refractivity contribution in [3.8, 4) is 5.75 Å². The highest BCUT2D eigenvalue weighted by atomic mass is 16.6. The summed E-state index contributed by atoms with van der Waals surface area (Å²) in [7, 11) is 1.65. The van der Waals surface area contributed by atoms with Gasteiger partial charge in [0.1, 0.15) is 23.6 Å². The van der Waals surface area contributed by atoms with E-state index < -0.39 is 0 Å². The van der Waals surface area contributed by atoms with E-state index in [1.165, 1.54) is 0 Å². The topological polar surface area (TPSA) is 109 Å². The number of hydrogen-bond acceptors (Lipinski definition) is 9. The molecular formula is C23H27N7O3. The second-order valence-electron chi connectivity index (χ2n) is 8.24. The maximum atomic E-state index is 12.0. The molecule has 2 fully saturated rings. The van der Waals surface area contributed by atoms with Crippen LogP contribution in [0.1, 0.15) is 11.6 Å². The third-order valence-electron chi connectivity index (χ3n) is 6.38. The summed E-state index contributed by atoms with van der Waals surface area (Å²) in [6.45, 7) is 5.33. The number of piperazine rings is 2. The van der Waals surface area contributed by atoms with Gasteiger partial charge in [-0.3, -0.25) is 10.1 Å². The quantitative estimate of drug-likeness (QED) is 0.447. The Kier molecular flexibility index (Phi) is 5.93. The molecule has 2 aliphatic rings. The van der Waals surface area contributed by atoms with E-state index in [-0.39, 0.29) is 16.7 Å². The summed E-state index contributed by atoms with van der Waals surface area (Å²) in [4.78, 5) is 25.1. The van der Waals surface area contributed by atoms with Crippen LogP contribution in [0.15, 0.2) is 42.7 Å². The van der Waals surface area contributed by atoms with Crippen LogP contribution < -0.4 is 25.2 Å². The van der Waals surface area contributed by atoms with E-state index >= 15 is 0 Å². The molecule has 0 amide bonds. The first-order valence-electron chi connectivity index (χ1n) is 11.2. The zero-order chi connectivity index (χ0) is 22.8. The lowest BCUT2D eigenvalue weighted by molar-refractivity contribution is -0.384. The summed E-state index contributed by atoms with van der Waals surface area (Å²) in [5.74, 6) is 1.52. The van der Waals surface area contributed by atoms with Gasteiger partial charge in [-0.05, 0) is 23.8 Å². The van der Waals surface area contributed by atoms with E-state index in [1.54, 1.807) is 19.5 Å². The summed E-state index contributed by atoms with van der Waals surface area (Å²) >= 11 is 0. The molecular weight excluding hydrogens is 422 g/mol. The highest BCUT2D eigenvalue weighted by Gasteiger charge is 2.29. The van der Waals surface area contributed by atoms with Crippen LogP contribution in [0.3, 0.4) is 0 Å². The van der Waals surface area contributed by atoms with Crippen molar-refractivity contribution in [1.29, 1.82) is 0 Å². The minimum absolute atomic E-state index is 0.0367. The monoisotopic (exact) mass is 449 g/mol. The molecule has 2 saturated heterocycles. The minimum atomic E-state index is -0.299. The Labute approximate surface area is 191 Å². The average Bonchev–Trinajstić information content (AvgIpc) is 2.88. The number of ether oxygens (including phenoxy) is 1. The first kappa shape index (κ1) is 21.4. The number of nitro benzene ring substituents is 1. The lowest BCUT2D eigenvalue weighted by atomic mass is 10.0. The molecule has 0 saturated carbocycles. The van der Waals surface area contributed by atoms with Crippen molar-refractivity contribution in [3.63, 3.8) is 0 Å². The van der Waals surface area contributed by atoms with Gasteiger partial charge < -0.3 is 25.2 Å². The first-order valence-corrected chi connectivity index (χ1v) is 11.2. The summed E-state index contributed by atoms with van der Waals surface area (Å²) < 4.78 is 5.30. The third-order valence-corrected chi connectivity index (χ3v) is 6.38. The maximum Gasteiger partial charge on any atom is 0.293 e. The minimum Gasteiger partial charge on any atom is -0.497 e. The SMILES string of the molecule is COc1ccc(C2CNCCN2c2ncnc3cc(N4CCNCC4)c([N+](=O)[O-])cc23)cc1. The molecule has 172 valence electrons. The van der Waals surface area contributed by atoms with Gasteiger partial charge in [0.15, 0.2) is 0 Å². The third kappa shape index (κ3) is 4.14. The van der Waals surface area contributed by atoms with Gasteiger partial charge in [-0.2, -0.15) is 0 Å². The van der Waals surface area contributed by atoms with E-state index in [4.69, 9.17) is 4.74 Å². The van der Waals surface area contributed by atoms with Crippen molar-refractivity contribution < 1.29 is 9.66 Å². The molecule has 0 aliphatic carbocycles. The summed E-state index contributed by atoms with van der Waals surface area (Å²) in [6, 6.07) is 11.5. The van der Waals surface area contributed by atoms with Crippen molar-refractivity contribution in [1.82, 2.24) is 20.6 Å². The van der Waals surface area contributed by atoms with Crippen LogP contribution in [0.4, 0.5) is 17.2 Å². The fraction of sp³-hybridized carbons (Fsp3) is 0.391. The zero-order valence-electron chi connectivity index (χ0n) is 18.5. The molecule has 0 spiro atoms. The fourth-order valence-corrected chi connectivity index (χ4v) is 4.68. The number of fused-ring (bicyclic) bond motifs is 1. The first-order chi connectivity index (χ1) is 16.2. The number of nitrogens with one attached hydrogen (secondary N) is 2. The number of anilines is 2. The van der Waals surface area contributed by atoms with E-state index in [9.17, 15) is 10.1 Å². The predicted molar refractivity (Wildman–Crippen MR) is 127 cm³/mol. The largest absolute Gasteiger partial charge is 0.497 e. The summed E-state index contributed by atoms with van der Waals surface area (Å²) in [6.07, 6.45) is 1.55. The van der Waals surface area contributed by atoms with Crippen LogP contribution in [-0.4, -0.2) is 67.8 Å². The normalized spacial score (nSPS) is 19.0. The van der Waals surface area contributed by atoms with Gasteiger partial charge in [0, 0.05) is 57.3 Å². The van der Waals surface area contributed by atoms with Crippen LogP contribution in [0, 0.1) is 10.1 Å². The number of nitrogens with zero attached hydrogens (tertiary/aromatic N) is 5. The Hall–Kier alpha value is -3.50. The van der Waals surface area contributed by atoms with Gasteiger partial charge in [0.2, 0.25) is 0 Å². The second kappa shape index (κ2) is 9.16. The summed E-state index contributed by atoms with van der Waals surface area (Å²) in [5, 5.41) is 19.5. The highest BCUT2D eigenvalue weighted by Crippen LogP contribution is 2.38. The van der Waals surface area contributed by atoms with Gasteiger partial charge >= 0.3 is 0 Å². The van der Waals surface area contributed by atoms with Crippen molar-refractivity contribution >= 4 is 28.1 Å². The van der Waals surface area contributed by atoms with Crippen LogP contribution >= 0.6 is 0 Å². The fourth-order valence-electron chi connectivity index (χ4n) is 4.68. The highest BCUT2D eigenvalue weighted by molar-refractivity contribution is 5.95. The molecule has 10 heteroatoms. The Balaban J connectivity index is 1.59. The molecule has 10 nitrogen and oxygen atoms in total. The van der Waals surface area contributed by atoms with Crippen LogP contribution in [0.5, 0.6) is 5.75 Å². The van der Waals surface area contributed by atoms with E-state index in [2.05, 4.69) is 42.5 Å². The van der Waals surface area contributed by atoms with Gasteiger partial charge in [0.05, 0.1) is 23.6 Å². The molecule has 3 heterocycles. The zero-order valence-corrected chi connectivity index (χ0v) is 18.5. The van der Waals surface area contributed by atoms with Crippen molar-refractivity contribution in [2.24, 2.45) is 0 Å². The molecule has 0 radical (unpaired) electrons.